The van der Waals surface area contributed by atoms with E-state index in [-0.39, 0.29) is 36.5 Å². The molecule has 2 aliphatic rings. The Morgan fingerprint density at radius 1 is 1.17 bits per heavy atom. The Hall–Kier alpha value is -3.32. The van der Waals surface area contributed by atoms with Crippen LogP contribution in [0.3, 0.4) is 0 Å². The summed E-state index contributed by atoms with van der Waals surface area (Å²) in [4.78, 5) is 17.9. The number of nitrogens with zero attached hydrogens (tertiary/aromatic N) is 6. The number of alkyl halides is 3. The van der Waals surface area contributed by atoms with Crippen LogP contribution in [0.4, 0.5) is 13.2 Å². The Balaban J connectivity index is 1.62. The fraction of sp³-hybridized carbons (Fsp3) is 0.364. The molecule has 1 aliphatic carbocycles. The first kappa shape index (κ1) is 23.4. The van der Waals surface area contributed by atoms with Crippen molar-refractivity contribution in [1.82, 2.24) is 28.9 Å². The van der Waals surface area contributed by atoms with E-state index in [2.05, 4.69) is 15.2 Å². The number of aryl methyl sites for hydroxylation is 2. The maximum atomic E-state index is 13.9. The van der Waals surface area contributed by atoms with E-state index in [4.69, 9.17) is 0 Å². The zero-order valence-corrected chi connectivity index (χ0v) is 19.6. The summed E-state index contributed by atoms with van der Waals surface area (Å²) in [7, 11) is -0.660. The molecule has 1 atom stereocenters. The molecule has 1 aliphatic heterocycles. The highest BCUT2D eigenvalue weighted by molar-refractivity contribution is 7.89. The van der Waals surface area contributed by atoms with Gasteiger partial charge in [-0.3, -0.25) is 19.1 Å². The van der Waals surface area contributed by atoms with Crippen LogP contribution in [0, 0.1) is 5.41 Å². The number of sulfonamides is 1. The van der Waals surface area contributed by atoms with Crippen LogP contribution < -0.4 is 0 Å². The number of halogens is 3. The predicted molar refractivity (Wildman–Crippen MR) is 117 cm³/mol. The van der Waals surface area contributed by atoms with Crippen molar-refractivity contribution in [2.24, 2.45) is 19.5 Å². The van der Waals surface area contributed by atoms with Crippen molar-refractivity contribution in [2.45, 2.75) is 23.9 Å². The minimum absolute atomic E-state index is 0.0231. The lowest BCUT2D eigenvalue weighted by molar-refractivity contribution is -0.137. The lowest BCUT2D eigenvalue weighted by atomic mass is 9.65. The van der Waals surface area contributed by atoms with Gasteiger partial charge in [-0.2, -0.15) is 27.7 Å². The fourth-order valence-corrected chi connectivity index (χ4v) is 6.30. The van der Waals surface area contributed by atoms with Gasteiger partial charge in [0.15, 0.2) is 5.78 Å². The van der Waals surface area contributed by atoms with Gasteiger partial charge < -0.3 is 0 Å². The highest BCUT2D eigenvalue weighted by Crippen LogP contribution is 2.47. The summed E-state index contributed by atoms with van der Waals surface area (Å²) in [5.41, 5.74) is -0.637. The zero-order valence-electron chi connectivity index (χ0n) is 18.8. The number of pyridine rings is 1. The van der Waals surface area contributed by atoms with Crippen molar-refractivity contribution in [3.05, 3.63) is 65.0 Å². The van der Waals surface area contributed by atoms with Crippen LogP contribution in [0.25, 0.3) is 6.08 Å². The molecule has 0 saturated carbocycles. The van der Waals surface area contributed by atoms with Crippen LogP contribution in [-0.2, 0) is 36.7 Å². The molecule has 1 fully saturated rings. The summed E-state index contributed by atoms with van der Waals surface area (Å²) in [6, 6.07) is 1.52. The molecule has 0 amide bonds. The molecule has 3 aromatic rings. The van der Waals surface area contributed by atoms with E-state index in [1.54, 1.807) is 31.1 Å². The summed E-state index contributed by atoms with van der Waals surface area (Å²) in [6.45, 7) is -0.123. The van der Waals surface area contributed by atoms with E-state index in [1.165, 1.54) is 21.4 Å². The van der Waals surface area contributed by atoms with Gasteiger partial charge in [0.1, 0.15) is 10.6 Å². The Morgan fingerprint density at radius 2 is 1.94 bits per heavy atom. The van der Waals surface area contributed by atoms with Crippen LogP contribution in [0.2, 0.25) is 0 Å². The number of Topliss-reactive ketones (excluding diaryl/α,β-unsaturated/α-hetero) is 1. The van der Waals surface area contributed by atoms with E-state index in [9.17, 15) is 26.4 Å². The first-order valence-corrected chi connectivity index (χ1v) is 12.1. The van der Waals surface area contributed by atoms with Gasteiger partial charge in [0.2, 0.25) is 10.0 Å². The second kappa shape index (κ2) is 7.85. The van der Waals surface area contributed by atoms with Crippen LogP contribution in [0.1, 0.15) is 33.7 Å². The molecule has 5 rings (SSSR count). The smallest absolute Gasteiger partial charge is 0.291 e. The normalized spacial score (nSPS) is 20.8. The van der Waals surface area contributed by atoms with Gasteiger partial charge in [0.05, 0.1) is 29.1 Å². The van der Waals surface area contributed by atoms with Crippen LogP contribution in [-0.4, -0.2) is 56.1 Å². The minimum Gasteiger partial charge on any atom is -0.291 e. The number of fused-ring (bicyclic) bond motifs is 2. The second-order valence-electron chi connectivity index (χ2n) is 8.80. The Bertz CT molecular complexity index is 1470. The Kier molecular flexibility index (Phi) is 5.25. The molecule has 0 bridgehead atoms. The van der Waals surface area contributed by atoms with Gasteiger partial charge in [-0.1, -0.05) is 5.57 Å². The molecule has 0 spiro atoms. The topological polar surface area (TPSA) is 103 Å². The maximum absolute atomic E-state index is 13.9. The van der Waals surface area contributed by atoms with Crippen molar-refractivity contribution in [3.8, 4) is 0 Å². The van der Waals surface area contributed by atoms with E-state index in [0.29, 0.717) is 11.1 Å². The van der Waals surface area contributed by atoms with Crippen molar-refractivity contribution in [2.75, 3.05) is 13.1 Å². The monoisotopic (exact) mass is 506 g/mol. The van der Waals surface area contributed by atoms with Crippen molar-refractivity contribution < 1.29 is 26.4 Å². The lowest BCUT2D eigenvalue weighted by Gasteiger charge is -2.44. The van der Waals surface area contributed by atoms with Gasteiger partial charge in [0, 0.05) is 39.6 Å². The molecule has 3 aromatic heterocycles. The molecule has 35 heavy (non-hydrogen) atoms. The maximum Gasteiger partial charge on any atom is 0.416 e. The average molecular weight is 507 g/mol. The van der Waals surface area contributed by atoms with E-state index in [1.807, 2.05) is 0 Å². The standard InChI is InChI=1S/C22H21F3N6O3S/c1-29-12-17(11-27-29)35(33,34)31-6-4-15-8-19-14(10-28-30(19)2)9-21(15,13-31)20(32)18-7-16(3-5-26-18)22(23,24)25/h3,5,7-8,10-12H,4,6,9,13H2,1-2H3/t21-/m0/s1. The number of carbonyl (C=O) groups excluding carboxylic acids is 1. The van der Waals surface area contributed by atoms with Gasteiger partial charge >= 0.3 is 6.18 Å². The van der Waals surface area contributed by atoms with Crippen molar-refractivity contribution >= 4 is 21.9 Å². The third kappa shape index (κ3) is 3.78. The number of aromatic nitrogens is 5. The molecule has 0 radical (unpaired) electrons. The third-order valence-electron chi connectivity index (χ3n) is 6.63. The van der Waals surface area contributed by atoms with Crippen LogP contribution in [0.5, 0.6) is 0 Å². The van der Waals surface area contributed by atoms with Gasteiger partial charge in [-0.15, -0.1) is 0 Å². The number of piperidine rings is 1. The molecule has 0 unspecified atom stereocenters. The first-order chi connectivity index (χ1) is 16.4. The SMILES string of the molecule is Cn1cc(S(=O)(=O)N2CCC3=Cc4c(cnn4C)C[C@]3(C(=O)c3cc(C(F)(F)F)ccn3)C2)cn1. The largest absolute Gasteiger partial charge is 0.416 e. The molecule has 1 saturated heterocycles. The summed E-state index contributed by atoms with van der Waals surface area (Å²) in [5.74, 6) is -0.657. The highest BCUT2D eigenvalue weighted by Gasteiger charge is 2.51. The Labute approximate surface area is 198 Å². The molecular weight excluding hydrogens is 485 g/mol. The number of ketones is 1. The fourth-order valence-electron chi connectivity index (χ4n) is 4.81. The number of hydrogen-bond acceptors (Lipinski definition) is 6. The number of carbonyl (C=O) groups is 1. The third-order valence-corrected chi connectivity index (χ3v) is 8.43. The van der Waals surface area contributed by atoms with Gasteiger partial charge in [0.25, 0.3) is 0 Å². The van der Waals surface area contributed by atoms with Gasteiger partial charge in [-0.05, 0) is 36.6 Å². The highest BCUT2D eigenvalue weighted by atomic mass is 32.2. The molecule has 0 N–H and O–H groups in total. The predicted octanol–water partition coefficient (Wildman–Crippen LogP) is 2.47. The molecule has 184 valence electrons. The van der Waals surface area contributed by atoms with Crippen LogP contribution >= 0.6 is 0 Å². The summed E-state index contributed by atoms with van der Waals surface area (Å²) in [5, 5.41) is 8.17. The zero-order chi connectivity index (χ0) is 25.2. The molecule has 4 heterocycles. The second-order valence-corrected chi connectivity index (χ2v) is 10.7. The molecule has 13 heteroatoms. The minimum atomic E-state index is -4.65. The van der Waals surface area contributed by atoms with Crippen molar-refractivity contribution in [1.29, 1.82) is 0 Å². The average Bonchev–Trinajstić information content (AvgIpc) is 3.42. The summed E-state index contributed by atoms with van der Waals surface area (Å²) in [6.07, 6.45) is 2.60. The summed E-state index contributed by atoms with van der Waals surface area (Å²) < 4.78 is 71.0. The van der Waals surface area contributed by atoms with E-state index in [0.717, 1.165) is 24.0 Å². The summed E-state index contributed by atoms with van der Waals surface area (Å²) >= 11 is 0. The first-order valence-electron chi connectivity index (χ1n) is 10.7. The van der Waals surface area contributed by atoms with E-state index < -0.39 is 33.0 Å². The molecule has 9 nitrogen and oxygen atoms in total. The van der Waals surface area contributed by atoms with Crippen LogP contribution in [0.15, 0.2) is 47.4 Å². The molecule has 0 aromatic carbocycles. The molecular formula is C22H21F3N6O3S. The lowest BCUT2D eigenvalue weighted by Crippen LogP contribution is -2.53. The number of rotatable bonds is 4. The van der Waals surface area contributed by atoms with E-state index >= 15 is 0 Å². The Morgan fingerprint density at radius 3 is 2.63 bits per heavy atom. The van der Waals surface area contributed by atoms with Gasteiger partial charge in [-0.25, -0.2) is 8.42 Å². The quantitative estimate of drug-likeness (QED) is 0.504. The van der Waals surface area contributed by atoms with Crippen molar-refractivity contribution in [3.63, 3.8) is 0 Å². The number of hydrogen-bond donors (Lipinski definition) is 0.